The molecule has 17 heavy (non-hydrogen) atoms. The second kappa shape index (κ2) is 5.49. The van der Waals surface area contributed by atoms with Gasteiger partial charge < -0.3 is 9.84 Å². The van der Waals surface area contributed by atoms with E-state index >= 15 is 0 Å². The summed E-state index contributed by atoms with van der Waals surface area (Å²) in [5, 5.41) is 19.2. The third-order valence-corrected chi connectivity index (χ3v) is 2.34. The molecule has 1 N–H and O–H groups in total. The molecular formula is C10H10ClNO5. The first-order valence-corrected chi connectivity index (χ1v) is 5.17. The van der Waals surface area contributed by atoms with Crippen molar-refractivity contribution in [2.24, 2.45) is 0 Å². The van der Waals surface area contributed by atoms with E-state index in [1.54, 1.807) is 6.92 Å². The Balaban J connectivity index is 2.90. The number of aliphatic carboxylic acids is 1. The lowest BCUT2D eigenvalue weighted by Crippen LogP contribution is -2.25. The smallest absolute Gasteiger partial charge is 0.344 e. The highest BCUT2D eigenvalue weighted by Gasteiger charge is 2.19. The number of rotatable bonds is 5. The van der Waals surface area contributed by atoms with E-state index in [-0.39, 0.29) is 22.9 Å². The van der Waals surface area contributed by atoms with Crippen molar-refractivity contribution in [2.75, 3.05) is 0 Å². The van der Waals surface area contributed by atoms with Gasteiger partial charge in [0.05, 0.1) is 4.92 Å². The number of nitro groups is 1. The summed E-state index contributed by atoms with van der Waals surface area (Å²) in [6, 6.07) is 3.72. The second-order valence-electron chi connectivity index (χ2n) is 3.22. The van der Waals surface area contributed by atoms with Gasteiger partial charge in [-0.05, 0) is 12.5 Å². The summed E-state index contributed by atoms with van der Waals surface area (Å²) in [6.45, 7) is 1.66. The maximum Gasteiger partial charge on any atom is 0.344 e. The number of hydrogen-bond donors (Lipinski definition) is 1. The molecule has 0 radical (unpaired) electrons. The van der Waals surface area contributed by atoms with Crippen molar-refractivity contribution in [1.82, 2.24) is 0 Å². The number of carbonyl (C=O) groups is 1. The van der Waals surface area contributed by atoms with Crippen LogP contribution < -0.4 is 4.74 Å². The Labute approximate surface area is 102 Å². The largest absolute Gasteiger partial charge is 0.479 e. The van der Waals surface area contributed by atoms with E-state index in [1.165, 1.54) is 18.2 Å². The van der Waals surface area contributed by atoms with Gasteiger partial charge in [-0.3, -0.25) is 10.1 Å². The highest BCUT2D eigenvalue weighted by atomic mass is 35.5. The minimum Gasteiger partial charge on any atom is -0.479 e. The van der Waals surface area contributed by atoms with E-state index in [0.717, 1.165) is 0 Å². The molecule has 1 atom stereocenters. The van der Waals surface area contributed by atoms with Crippen LogP contribution in [0.4, 0.5) is 5.69 Å². The Morgan fingerprint density at radius 1 is 1.65 bits per heavy atom. The number of hydrogen-bond acceptors (Lipinski definition) is 4. The van der Waals surface area contributed by atoms with Gasteiger partial charge in [0.15, 0.2) is 6.10 Å². The molecule has 0 bridgehead atoms. The monoisotopic (exact) mass is 259 g/mol. The topological polar surface area (TPSA) is 89.7 Å². The Kier molecular flexibility index (Phi) is 4.28. The highest BCUT2D eigenvalue weighted by molar-refractivity contribution is 6.32. The SMILES string of the molecule is CCC(Oc1ccc([N+](=O)[O-])c(Cl)c1)C(=O)O. The van der Waals surface area contributed by atoms with E-state index < -0.39 is 17.0 Å². The molecule has 1 unspecified atom stereocenters. The molecule has 7 heteroatoms. The first-order chi connectivity index (χ1) is 7.95. The Morgan fingerprint density at radius 2 is 2.29 bits per heavy atom. The van der Waals surface area contributed by atoms with E-state index in [4.69, 9.17) is 21.4 Å². The zero-order chi connectivity index (χ0) is 13.0. The molecule has 1 aromatic carbocycles. The number of benzene rings is 1. The van der Waals surface area contributed by atoms with Crippen molar-refractivity contribution in [3.8, 4) is 5.75 Å². The normalized spacial score (nSPS) is 11.9. The van der Waals surface area contributed by atoms with Crippen molar-refractivity contribution < 1.29 is 19.6 Å². The summed E-state index contributed by atoms with van der Waals surface area (Å²) in [4.78, 5) is 20.6. The number of carboxylic acid groups (broad SMARTS) is 1. The fourth-order valence-electron chi connectivity index (χ4n) is 1.18. The summed E-state index contributed by atoms with van der Waals surface area (Å²) in [5.41, 5.74) is -0.248. The zero-order valence-electron chi connectivity index (χ0n) is 8.92. The predicted molar refractivity (Wildman–Crippen MR) is 60.4 cm³/mol. The quantitative estimate of drug-likeness (QED) is 0.648. The maximum absolute atomic E-state index is 10.7. The fraction of sp³-hybridized carbons (Fsp3) is 0.300. The molecule has 0 amide bonds. The molecular weight excluding hydrogens is 250 g/mol. The molecule has 1 rings (SSSR count). The Hall–Kier alpha value is -1.82. The van der Waals surface area contributed by atoms with Crippen LogP contribution in [-0.2, 0) is 4.79 Å². The number of halogens is 1. The standard InChI is InChI=1S/C10H10ClNO5/c1-2-9(10(13)14)17-6-3-4-8(12(15)16)7(11)5-6/h3-5,9H,2H2,1H3,(H,13,14). The van der Waals surface area contributed by atoms with Crippen LogP contribution in [-0.4, -0.2) is 22.1 Å². The summed E-state index contributed by atoms with van der Waals surface area (Å²) >= 11 is 5.66. The predicted octanol–water partition coefficient (Wildman–Crippen LogP) is 2.49. The van der Waals surface area contributed by atoms with Crippen molar-refractivity contribution in [2.45, 2.75) is 19.4 Å². The van der Waals surface area contributed by atoms with Crippen LogP contribution in [0.5, 0.6) is 5.75 Å². The van der Waals surface area contributed by atoms with Gasteiger partial charge in [-0.25, -0.2) is 4.79 Å². The molecule has 0 saturated heterocycles. The van der Waals surface area contributed by atoms with Crippen LogP contribution in [0.2, 0.25) is 5.02 Å². The average molecular weight is 260 g/mol. The lowest BCUT2D eigenvalue weighted by Gasteiger charge is -2.12. The first kappa shape index (κ1) is 13.2. The van der Waals surface area contributed by atoms with Gasteiger partial charge in [0, 0.05) is 12.1 Å². The highest BCUT2D eigenvalue weighted by Crippen LogP contribution is 2.29. The van der Waals surface area contributed by atoms with E-state index in [0.29, 0.717) is 0 Å². The van der Waals surface area contributed by atoms with Gasteiger partial charge >= 0.3 is 5.97 Å². The third-order valence-electron chi connectivity index (χ3n) is 2.04. The third kappa shape index (κ3) is 3.32. The minimum atomic E-state index is -1.10. The van der Waals surface area contributed by atoms with Crippen molar-refractivity contribution in [1.29, 1.82) is 0 Å². The minimum absolute atomic E-state index is 0.0901. The first-order valence-electron chi connectivity index (χ1n) is 4.79. The summed E-state index contributed by atoms with van der Waals surface area (Å²) < 4.78 is 5.13. The van der Waals surface area contributed by atoms with Gasteiger partial charge in [0.1, 0.15) is 10.8 Å². The molecule has 0 spiro atoms. The van der Waals surface area contributed by atoms with Crippen molar-refractivity contribution in [3.05, 3.63) is 33.3 Å². The van der Waals surface area contributed by atoms with Crippen LogP contribution in [0, 0.1) is 10.1 Å². The zero-order valence-corrected chi connectivity index (χ0v) is 9.68. The summed E-state index contributed by atoms with van der Waals surface area (Å²) in [6.07, 6.45) is -0.711. The van der Waals surface area contributed by atoms with Gasteiger partial charge in [0.2, 0.25) is 0 Å². The van der Waals surface area contributed by atoms with Crippen molar-refractivity contribution in [3.63, 3.8) is 0 Å². The number of nitro benzene ring substituents is 1. The Bertz CT molecular complexity index is 448. The molecule has 1 aromatic rings. The number of nitrogens with zero attached hydrogens (tertiary/aromatic N) is 1. The fourth-order valence-corrected chi connectivity index (χ4v) is 1.42. The van der Waals surface area contributed by atoms with E-state index in [1.807, 2.05) is 0 Å². The van der Waals surface area contributed by atoms with E-state index in [2.05, 4.69) is 0 Å². The molecule has 6 nitrogen and oxygen atoms in total. The molecule has 0 fully saturated rings. The lowest BCUT2D eigenvalue weighted by molar-refractivity contribution is -0.384. The van der Waals surface area contributed by atoms with Gasteiger partial charge in [-0.1, -0.05) is 18.5 Å². The molecule has 0 aliphatic rings. The van der Waals surface area contributed by atoms with Crippen LogP contribution in [0.25, 0.3) is 0 Å². The molecule has 0 saturated carbocycles. The lowest BCUT2D eigenvalue weighted by atomic mass is 10.2. The van der Waals surface area contributed by atoms with Gasteiger partial charge in [-0.15, -0.1) is 0 Å². The summed E-state index contributed by atoms with van der Waals surface area (Å²) in [7, 11) is 0. The maximum atomic E-state index is 10.7. The number of ether oxygens (including phenoxy) is 1. The van der Waals surface area contributed by atoms with Gasteiger partial charge in [0.25, 0.3) is 5.69 Å². The average Bonchev–Trinajstić information content (AvgIpc) is 2.24. The number of carboxylic acids is 1. The van der Waals surface area contributed by atoms with E-state index in [9.17, 15) is 14.9 Å². The van der Waals surface area contributed by atoms with Gasteiger partial charge in [-0.2, -0.15) is 0 Å². The molecule has 0 aromatic heterocycles. The molecule has 0 aliphatic carbocycles. The molecule has 0 heterocycles. The van der Waals surface area contributed by atoms with Crippen LogP contribution in [0.15, 0.2) is 18.2 Å². The van der Waals surface area contributed by atoms with Crippen LogP contribution in [0.1, 0.15) is 13.3 Å². The molecule has 92 valence electrons. The van der Waals surface area contributed by atoms with Crippen LogP contribution >= 0.6 is 11.6 Å². The van der Waals surface area contributed by atoms with Crippen LogP contribution in [0.3, 0.4) is 0 Å². The summed E-state index contributed by atoms with van der Waals surface area (Å²) in [5.74, 6) is -0.906. The molecule has 0 aliphatic heterocycles. The van der Waals surface area contributed by atoms with Crippen molar-refractivity contribution >= 4 is 23.3 Å². The Morgan fingerprint density at radius 3 is 2.71 bits per heavy atom. The second-order valence-corrected chi connectivity index (χ2v) is 3.63.